The molecule has 174 valence electrons. The Morgan fingerprint density at radius 1 is 1.06 bits per heavy atom. The summed E-state index contributed by atoms with van der Waals surface area (Å²) >= 11 is 0. The lowest BCUT2D eigenvalue weighted by Crippen LogP contribution is -2.42. The number of nitrogens with zero attached hydrogens (tertiary/aromatic N) is 5. The third-order valence-electron chi connectivity index (χ3n) is 5.44. The number of rotatable bonds is 6. The van der Waals surface area contributed by atoms with Gasteiger partial charge in [0.25, 0.3) is 11.8 Å². The first-order valence-electron chi connectivity index (χ1n) is 10.6. The summed E-state index contributed by atoms with van der Waals surface area (Å²) < 4.78 is 33.1. The van der Waals surface area contributed by atoms with Crippen LogP contribution >= 0.6 is 0 Å². The molecule has 1 saturated carbocycles. The van der Waals surface area contributed by atoms with E-state index in [4.69, 9.17) is 4.74 Å². The van der Waals surface area contributed by atoms with Gasteiger partial charge in [-0.15, -0.1) is 0 Å². The largest absolute Gasteiger partial charge is 0.418 e. The average Bonchev–Trinajstić information content (AvgIpc) is 3.62. The van der Waals surface area contributed by atoms with Crippen molar-refractivity contribution in [1.82, 2.24) is 24.8 Å². The number of likely N-dealkylation sites (tertiary alicyclic amines) is 1. The number of ether oxygens (including phenoxy) is 1. The number of anilines is 3. The van der Waals surface area contributed by atoms with Gasteiger partial charge < -0.3 is 15.0 Å². The topological polar surface area (TPSA) is 122 Å². The van der Waals surface area contributed by atoms with E-state index < -0.39 is 23.6 Å². The second-order valence-corrected chi connectivity index (χ2v) is 7.95. The molecule has 1 aliphatic carbocycles. The highest BCUT2D eigenvalue weighted by Gasteiger charge is 2.29. The Morgan fingerprint density at radius 2 is 1.79 bits per heavy atom. The average molecular weight is 467 g/mol. The fourth-order valence-electron chi connectivity index (χ4n) is 3.36. The fourth-order valence-corrected chi connectivity index (χ4v) is 3.36. The van der Waals surface area contributed by atoms with E-state index in [-0.39, 0.29) is 28.9 Å². The number of nitrogens with one attached hydrogen (secondary N) is 2. The number of benzene rings is 1. The van der Waals surface area contributed by atoms with Gasteiger partial charge in [-0.05, 0) is 25.3 Å². The molecule has 34 heavy (non-hydrogen) atoms. The highest BCUT2D eigenvalue weighted by molar-refractivity contribution is 6.03. The quantitative estimate of drug-likeness (QED) is 0.564. The van der Waals surface area contributed by atoms with Gasteiger partial charge in [0, 0.05) is 25.1 Å². The number of carbonyl (C=O) groups excluding carboxylic acids is 2. The molecule has 2 amide bonds. The minimum atomic E-state index is -1.21. The second-order valence-electron chi connectivity index (χ2n) is 7.95. The van der Waals surface area contributed by atoms with Crippen molar-refractivity contribution in [2.24, 2.45) is 0 Å². The van der Waals surface area contributed by atoms with Crippen LogP contribution in [0, 0.1) is 11.6 Å². The van der Waals surface area contributed by atoms with E-state index in [9.17, 15) is 18.4 Å². The van der Waals surface area contributed by atoms with Crippen molar-refractivity contribution in [2.45, 2.75) is 25.2 Å². The van der Waals surface area contributed by atoms with Gasteiger partial charge in [0.1, 0.15) is 6.33 Å². The van der Waals surface area contributed by atoms with Gasteiger partial charge in [-0.25, -0.2) is 33.5 Å². The van der Waals surface area contributed by atoms with Crippen molar-refractivity contribution >= 4 is 29.2 Å². The van der Waals surface area contributed by atoms with Crippen molar-refractivity contribution in [1.29, 1.82) is 0 Å². The van der Waals surface area contributed by atoms with Gasteiger partial charge >= 0.3 is 6.09 Å². The standard InChI is InChI=1S/C22H19F2N7O3/c23-15-6-14(21(32)31-4-1-5-31)17(7-16(15)24)30-22(33)34-20-19(28-13-8-25-11-26-9-13)27-10-18(29-20)12-2-3-12/h6-12H,1-5H2,(H,27,28)(H,30,33). The molecule has 1 saturated heterocycles. The Balaban J connectivity index is 1.39. The molecule has 12 heteroatoms. The van der Waals surface area contributed by atoms with Crippen LogP contribution in [-0.4, -0.2) is 49.9 Å². The van der Waals surface area contributed by atoms with Crippen molar-refractivity contribution in [3.05, 3.63) is 59.9 Å². The first-order chi connectivity index (χ1) is 16.5. The zero-order valence-corrected chi connectivity index (χ0v) is 17.8. The Kier molecular flexibility index (Phi) is 5.70. The zero-order valence-electron chi connectivity index (χ0n) is 17.8. The van der Waals surface area contributed by atoms with Gasteiger partial charge in [0.05, 0.1) is 41.2 Å². The molecule has 10 nitrogen and oxygen atoms in total. The minimum Gasteiger partial charge on any atom is -0.387 e. The first kappa shape index (κ1) is 21.6. The van der Waals surface area contributed by atoms with E-state index in [1.807, 2.05) is 0 Å². The maximum absolute atomic E-state index is 13.9. The molecule has 0 radical (unpaired) electrons. The maximum Gasteiger partial charge on any atom is 0.418 e. The van der Waals surface area contributed by atoms with Crippen LogP contribution in [0.2, 0.25) is 0 Å². The van der Waals surface area contributed by atoms with Crippen LogP contribution in [0.25, 0.3) is 0 Å². The molecule has 0 unspecified atom stereocenters. The second kappa shape index (κ2) is 8.96. The predicted molar refractivity (Wildman–Crippen MR) is 116 cm³/mol. The van der Waals surface area contributed by atoms with Crippen molar-refractivity contribution in [3.63, 3.8) is 0 Å². The van der Waals surface area contributed by atoms with E-state index in [0.29, 0.717) is 24.5 Å². The van der Waals surface area contributed by atoms with Crippen LogP contribution in [0.1, 0.15) is 41.2 Å². The number of hydrogen-bond acceptors (Lipinski definition) is 8. The maximum atomic E-state index is 13.9. The Morgan fingerprint density at radius 3 is 2.47 bits per heavy atom. The molecule has 3 heterocycles. The molecule has 0 bridgehead atoms. The fraction of sp³-hybridized carbons (Fsp3) is 0.273. The SMILES string of the molecule is O=C(Nc1cc(F)c(F)cc1C(=O)N1CCC1)Oc1nc(C2CC2)cnc1Nc1cncnc1. The van der Waals surface area contributed by atoms with Crippen molar-refractivity contribution < 1.29 is 23.1 Å². The molecule has 0 atom stereocenters. The number of carbonyl (C=O) groups is 2. The molecule has 0 spiro atoms. The third kappa shape index (κ3) is 4.60. The van der Waals surface area contributed by atoms with Crippen LogP contribution in [0.4, 0.5) is 30.8 Å². The molecular formula is C22H19F2N7O3. The number of aromatic nitrogens is 4. The number of hydrogen-bond donors (Lipinski definition) is 2. The molecule has 1 aromatic carbocycles. The lowest BCUT2D eigenvalue weighted by atomic mass is 10.1. The summed E-state index contributed by atoms with van der Waals surface area (Å²) in [6.07, 6.45) is 7.64. The Bertz CT molecular complexity index is 1250. The molecule has 2 aliphatic rings. The normalized spacial score (nSPS) is 14.8. The number of amides is 2. The summed E-state index contributed by atoms with van der Waals surface area (Å²) in [6.45, 7) is 1.01. The van der Waals surface area contributed by atoms with Crippen LogP contribution in [0.5, 0.6) is 5.88 Å². The zero-order chi connectivity index (χ0) is 23.7. The predicted octanol–water partition coefficient (Wildman–Crippen LogP) is 3.62. The van der Waals surface area contributed by atoms with E-state index >= 15 is 0 Å². The highest BCUT2D eigenvalue weighted by atomic mass is 19.2. The van der Waals surface area contributed by atoms with E-state index in [1.165, 1.54) is 23.6 Å². The lowest BCUT2D eigenvalue weighted by Gasteiger charge is -2.31. The minimum absolute atomic E-state index is 0.121. The van der Waals surface area contributed by atoms with Crippen LogP contribution in [-0.2, 0) is 0 Å². The molecule has 5 rings (SSSR count). The summed E-state index contributed by atoms with van der Waals surface area (Å²) in [5.41, 5.74) is 0.773. The van der Waals surface area contributed by atoms with Gasteiger partial charge in [-0.2, -0.15) is 0 Å². The summed E-state index contributed by atoms with van der Waals surface area (Å²) in [7, 11) is 0. The molecular weight excluding hydrogens is 448 g/mol. The molecule has 2 N–H and O–H groups in total. The number of halogens is 2. The van der Waals surface area contributed by atoms with E-state index in [2.05, 4.69) is 30.6 Å². The van der Waals surface area contributed by atoms with E-state index in [0.717, 1.165) is 31.4 Å². The van der Waals surface area contributed by atoms with Crippen molar-refractivity contribution in [2.75, 3.05) is 23.7 Å². The van der Waals surface area contributed by atoms with Crippen LogP contribution in [0.3, 0.4) is 0 Å². The van der Waals surface area contributed by atoms with E-state index in [1.54, 1.807) is 6.20 Å². The van der Waals surface area contributed by atoms with Gasteiger partial charge in [-0.3, -0.25) is 10.1 Å². The molecule has 2 aromatic heterocycles. The first-order valence-corrected chi connectivity index (χ1v) is 10.6. The summed E-state index contributed by atoms with van der Waals surface area (Å²) in [6, 6.07) is 1.51. The third-order valence-corrected chi connectivity index (χ3v) is 5.44. The molecule has 2 fully saturated rings. The highest BCUT2D eigenvalue weighted by Crippen LogP contribution is 2.40. The monoisotopic (exact) mass is 467 g/mol. The van der Waals surface area contributed by atoms with Gasteiger partial charge in [0.2, 0.25) is 0 Å². The van der Waals surface area contributed by atoms with Crippen LogP contribution < -0.4 is 15.4 Å². The van der Waals surface area contributed by atoms with Crippen LogP contribution in [0.15, 0.2) is 37.1 Å². The Hall–Kier alpha value is -4.22. The van der Waals surface area contributed by atoms with Gasteiger partial charge in [0.15, 0.2) is 17.5 Å². The van der Waals surface area contributed by atoms with Gasteiger partial charge in [-0.1, -0.05) is 0 Å². The summed E-state index contributed by atoms with van der Waals surface area (Å²) in [5, 5.41) is 5.26. The molecule has 3 aromatic rings. The van der Waals surface area contributed by atoms with Crippen molar-refractivity contribution in [3.8, 4) is 5.88 Å². The molecule has 1 aliphatic heterocycles. The Labute approximate surface area is 192 Å². The summed E-state index contributed by atoms with van der Waals surface area (Å²) in [5.74, 6) is -2.67. The lowest BCUT2D eigenvalue weighted by molar-refractivity contribution is 0.0652. The summed E-state index contributed by atoms with van der Waals surface area (Å²) in [4.78, 5) is 43.3. The smallest absolute Gasteiger partial charge is 0.387 e.